The molecule has 2 aromatic heterocycles. The number of nitrogens with one attached hydrogen (secondary N) is 1. The Kier molecular flexibility index (Phi) is 4.18. The van der Waals surface area contributed by atoms with Crippen LogP contribution >= 0.6 is 0 Å². The maximum absolute atomic E-state index is 12.4. The first-order valence-electron chi connectivity index (χ1n) is 7.77. The van der Waals surface area contributed by atoms with Gasteiger partial charge in [-0.1, -0.05) is 13.3 Å². The molecule has 6 nitrogen and oxygen atoms in total. The summed E-state index contributed by atoms with van der Waals surface area (Å²) < 4.78 is 1.94. The van der Waals surface area contributed by atoms with Crippen LogP contribution in [0.5, 0.6) is 0 Å². The van der Waals surface area contributed by atoms with E-state index in [1.807, 2.05) is 16.9 Å². The van der Waals surface area contributed by atoms with Crippen LogP contribution in [-0.2, 0) is 13.0 Å². The van der Waals surface area contributed by atoms with E-state index in [4.69, 9.17) is 0 Å². The predicted molar refractivity (Wildman–Crippen MR) is 82.3 cm³/mol. The molecule has 0 radical (unpaired) electrons. The molecule has 0 aromatic carbocycles. The molecule has 116 valence electrons. The third kappa shape index (κ3) is 3.32. The minimum Gasteiger partial charge on any atom is -0.351 e. The van der Waals surface area contributed by atoms with Gasteiger partial charge in [0.25, 0.3) is 5.91 Å². The molecule has 1 saturated carbocycles. The molecular formula is C16H21N5O. The van der Waals surface area contributed by atoms with Gasteiger partial charge in [0.05, 0.1) is 11.3 Å². The zero-order valence-electron chi connectivity index (χ0n) is 12.8. The summed E-state index contributed by atoms with van der Waals surface area (Å²) in [4.78, 5) is 20.6. The van der Waals surface area contributed by atoms with Gasteiger partial charge in [-0.15, -0.1) is 0 Å². The highest BCUT2D eigenvalue weighted by atomic mass is 16.1. The van der Waals surface area contributed by atoms with Crippen molar-refractivity contribution in [1.82, 2.24) is 25.1 Å². The molecule has 1 aliphatic rings. The van der Waals surface area contributed by atoms with Crippen molar-refractivity contribution in [1.29, 1.82) is 0 Å². The average Bonchev–Trinajstić information content (AvgIpc) is 3.10. The Morgan fingerprint density at radius 2 is 2.32 bits per heavy atom. The third-order valence-electron chi connectivity index (χ3n) is 4.16. The Labute approximate surface area is 130 Å². The molecule has 0 atom stereocenters. The Bertz CT molecular complexity index is 634. The lowest BCUT2D eigenvalue weighted by Crippen LogP contribution is -2.33. The minimum absolute atomic E-state index is 0.0733. The lowest BCUT2D eigenvalue weighted by Gasteiger charge is -2.16. The normalized spacial score (nSPS) is 15.5. The van der Waals surface area contributed by atoms with Crippen molar-refractivity contribution in [3.8, 4) is 0 Å². The summed E-state index contributed by atoms with van der Waals surface area (Å²) in [6.07, 6.45) is 10.9. The summed E-state index contributed by atoms with van der Waals surface area (Å²) in [7, 11) is 0. The fourth-order valence-electron chi connectivity index (χ4n) is 2.65. The zero-order chi connectivity index (χ0) is 15.4. The second kappa shape index (κ2) is 6.25. The Morgan fingerprint density at radius 3 is 3.00 bits per heavy atom. The summed E-state index contributed by atoms with van der Waals surface area (Å²) in [5.41, 5.74) is 1.58. The summed E-state index contributed by atoms with van der Waals surface area (Å²) in [5.74, 6) is -0.0733. The largest absolute Gasteiger partial charge is 0.351 e. The van der Waals surface area contributed by atoms with Gasteiger partial charge < -0.3 is 5.32 Å². The lowest BCUT2D eigenvalue weighted by atomic mass is 10.1. The first kappa shape index (κ1) is 14.7. The first-order valence-corrected chi connectivity index (χ1v) is 7.77. The van der Waals surface area contributed by atoms with Crippen molar-refractivity contribution in [2.75, 3.05) is 6.54 Å². The number of amides is 1. The number of rotatable bonds is 7. The Balaban J connectivity index is 1.61. The summed E-state index contributed by atoms with van der Waals surface area (Å²) >= 11 is 0. The monoisotopic (exact) mass is 299 g/mol. The van der Waals surface area contributed by atoms with Crippen LogP contribution in [0.25, 0.3) is 0 Å². The van der Waals surface area contributed by atoms with Crippen molar-refractivity contribution in [2.24, 2.45) is 5.41 Å². The topological polar surface area (TPSA) is 72.7 Å². The third-order valence-corrected chi connectivity index (χ3v) is 4.16. The van der Waals surface area contributed by atoms with Crippen LogP contribution < -0.4 is 5.32 Å². The van der Waals surface area contributed by atoms with E-state index in [2.05, 4.69) is 27.3 Å². The van der Waals surface area contributed by atoms with E-state index >= 15 is 0 Å². The Hall–Kier alpha value is -2.24. The maximum atomic E-state index is 12.4. The van der Waals surface area contributed by atoms with Crippen LogP contribution in [0.3, 0.4) is 0 Å². The molecule has 2 aromatic rings. The number of carbonyl (C=O) groups excluding carboxylic acids is 1. The summed E-state index contributed by atoms with van der Waals surface area (Å²) in [6.45, 7) is 3.60. The van der Waals surface area contributed by atoms with Crippen LogP contribution in [0.1, 0.15) is 42.2 Å². The number of aromatic nitrogens is 4. The standard InChI is InChI=1S/C16H21N5O/c1-2-4-14-13(9-17-12-19-14)15(22)18-10-16(5-6-16)11-21-8-3-7-20-21/h3,7-9,12H,2,4-6,10-11H2,1H3,(H,18,22). The van der Waals surface area contributed by atoms with Crippen molar-refractivity contribution in [2.45, 2.75) is 39.2 Å². The number of hydrogen-bond donors (Lipinski definition) is 1. The first-order chi connectivity index (χ1) is 10.7. The molecule has 0 bridgehead atoms. The molecule has 0 unspecified atom stereocenters. The van der Waals surface area contributed by atoms with Gasteiger partial charge in [0.1, 0.15) is 6.33 Å². The number of carbonyl (C=O) groups is 1. The second-order valence-electron chi connectivity index (χ2n) is 6.02. The number of aryl methyl sites for hydroxylation is 1. The second-order valence-corrected chi connectivity index (χ2v) is 6.02. The van der Waals surface area contributed by atoms with Gasteiger partial charge in [0, 0.05) is 37.1 Å². The van der Waals surface area contributed by atoms with E-state index in [0.717, 1.165) is 37.9 Å². The van der Waals surface area contributed by atoms with Crippen LogP contribution in [0.4, 0.5) is 0 Å². The summed E-state index contributed by atoms with van der Waals surface area (Å²) in [6, 6.07) is 1.92. The molecule has 1 amide bonds. The molecule has 1 fully saturated rings. The molecule has 0 spiro atoms. The van der Waals surface area contributed by atoms with Crippen molar-refractivity contribution < 1.29 is 4.79 Å². The number of hydrogen-bond acceptors (Lipinski definition) is 4. The van der Waals surface area contributed by atoms with Gasteiger partial charge in [-0.2, -0.15) is 5.10 Å². The van der Waals surface area contributed by atoms with Crippen molar-refractivity contribution in [3.63, 3.8) is 0 Å². The molecule has 22 heavy (non-hydrogen) atoms. The molecule has 0 saturated heterocycles. The maximum Gasteiger partial charge on any atom is 0.254 e. The molecule has 3 rings (SSSR count). The molecule has 1 N–H and O–H groups in total. The zero-order valence-corrected chi connectivity index (χ0v) is 12.8. The predicted octanol–water partition coefficient (Wildman–Crippen LogP) is 1.84. The van der Waals surface area contributed by atoms with E-state index < -0.39 is 0 Å². The fraction of sp³-hybridized carbons (Fsp3) is 0.500. The smallest absolute Gasteiger partial charge is 0.254 e. The minimum atomic E-state index is -0.0733. The van der Waals surface area contributed by atoms with Crippen LogP contribution in [-0.4, -0.2) is 32.2 Å². The highest BCUT2D eigenvalue weighted by molar-refractivity contribution is 5.94. The fourth-order valence-corrected chi connectivity index (χ4v) is 2.65. The van der Waals surface area contributed by atoms with E-state index in [-0.39, 0.29) is 11.3 Å². The molecule has 6 heteroatoms. The van der Waals surface area contributed by atoms with Crippen LogP contribution in [0, 0.1) is 5.41 Å². The van der Waals surface area contributed by atoms with Gasteiger partial charge >= 0.3 is 0 Å². The van der Waals surface area contributed by atoms with E-state index in [9.17, 15) is 4.79 Å². The van der Waals surface area contributed by atoms with E-state index in [1.54, 1.807) is 12.4 Å². The number of nitrogens with zero attached hydrogens (tertiary/aromatic N) is 4. The quantitative estimate of drug-likeness (QED) is 0.846. The highest BCUT2D eigenvalue weighted by Gasteiger charge is 2.43. The molecule has 2 heterocycles. The van der Waals surface area contributed by atoms with Gasteiger partial charge in [-0.3, -0.25) is 9.48 Å². The molecule has 0 aliphatic heterocycles. The van der Waals surface area contributed by atoms with Gasteiger partial charge in [-0.05, 0) is 25.3 Å². The lowest BCUT2D eigenvalue weighted by molar-refractivity contribution is 0.0940. The molecule has 1 aliphatic carbocycles. The SMILES string of the molecule is CCCc1ncncc1C(=O)NCC1(Cn2cccn2)CC1. The van der Waals surface area contributed by atoms with E-state index in [0.29, 0.717) is 12.1 Å². The highest BCUT2D eigenvalue weighted by Crippen LogP contribution is 2.46. The Morgan fingerprint density at radius 1 is 1.45 bits per heavy atom. The van der Waals surface area contributed by atoms with Crippen LogP contribution in [0.15, 0.2) is 31.0 Å². The summed E-state index contributed by atoms with van der Waals surface area (Å²) in [5, 5.41) is 7.30. The molecular weight excluding hydrogens is 278 g/mol. The van der Waals surface area contributed by atoms with Crippen LogP contribution in [0.2, 0.25) is 0 Å². The van der Waals surface area contributed by atoms with Gasteiger partial charge in [-0.25, -0.2) is 9.97 Å². The average molecular weight is 299 g/mol. The van der Waals surface area contributed by atoms with Crippen molar-refractivity contribution >= 4 is 5.91 Å². The van der Waals surface area contributed by atoms with Gasteiger partial charge in [0.15, 0.2) is 0 Å². The van der Waals surface area contributed by atoms with E-state index in [1.165, 1.54) is 6.33 Å². The van der Waals surface area contributed by atoms with Crippen molar-refractivity contribution in [3.05, 3.63) is 42.2 Å². The van der Waals surface area contributed by atoms with Gasteiger partial charge in [0.2, 0.25) is 0 Å².